The Kier molecular flexibility index (Phi) is 3.13. The number of hydrogen-bond acceptors (Lipinski definition) is 2. The van der Waals surface area contributed by atoms with Crippen molar-refractivity contribution in [1.82, 2.24) is 4.57 Å². The van der Waals surface area contributed by atoms with Gasteiger partial charge in [-0.1, -0.05) is 47.6 Å². The fraction of sp³-hybridized carbons (Fsp3) is 0.0625. The molecule has 0 aliphatic rings. The van der Waals surface area contributed by atoms with Gasteiger partial charge < -0.3 is 15.5 Å². The van der Waals surface area contributed by atoms with Crippen LogP contribution in [-0.4, -0.2) is 15.6 Å². The van der Waals surface area contributed by atoms with Crippen LogP contribution in [0.15, 0.2) is 65.9 Å². The summed E-state index contributed by atoms with van der Waals surface area (Å²) < 4.78 is 1.97. The van der Waals surface area contributed by atoms with Crippen molar-refractivity contribution in [2.75, 3.05) is 0 Å². The fourth-order valence-electron chi connectivity index (χ4n) is 2.45. The molecule has 0 unspecified atom stereocenters. The molecular formula is C16H15N3O. The van der Waals surface area contributed by atoms with Crippen molar-refractivity contribution in [3.63, 3.8) is 0 Å². The van der Waals surface area contributed by atoms with Crippen molar-refractivity contribution < 1.29 is 5.21 Å². The predicted octanol–water partition coefficient (Wildman–Crippen LogP) is 2.78. The maximum atomic E-state index is 8.82. The Morgan fingerprint density at radius 1 is 1.05 bits per heavy atom. The molecular weight excluding hydrogens is 250 g/mol. The lowest BCUT2D eigenvalue weighted by Crippen LogP contribution is -2.18. The van der Waals surface area contributed by atoms with E-state index in [1.807, 2.05) is 41.1 Å². The van der Waals surface area contributed by atoms with Gasteiger partial charge in [0.15, 0.2) is 5.84 Å². The second kappa shape index (κ2) is 5.09. The molecule has 0 bridgehead atoms. The fourth-order valence-corrected chi connectivity index (χ4v) is 2.45. The molecule has 0 saturated carbocycles. The molecule has 3 aromatic rings. The SMILES string of the molecule is N/C(=N/O)c1cccn1Cc1cccc2ccccc12. The first kappa shape index (κ1) is 12.3. The number of aromatic nitrogens is 1. The zero-order valence-corrected chi connectivity index (χ0v) is 10.9. The van der Waals surface area contributed by atoms with E-state index in [9.17, 15) is 0 Å². The van der Waals surface area contributed by atoms with Crippen molar-refractivity contribution in [2.45, 2.75) is 6.54 Å². The van der Waals surface area contributed by atoms with Gasteiger partial charge in [-0.25, -0.2) is 0 Å². The molecule has 4 nitrogen and oxygen atoms in total. The minimum atomic E-state index is 0.121. The lowest BCUT2D eigenvalue weighted by Gasteiger charge is -2.10. The minimum absolute atomic E-state index is 0.121. The lowest BCUT2D eigenvalue weighted by atomic mass is 10.0. The third-order valence-corrected chi connectivity index (χ3v) is 3.42. The Bertz CT molecular complexity index is 769. The van der Waals surface area contributed by atoms with Gasteiger partial charge in [-0.3, -0.25) is 0 Å². The summed E-state index contributed by atoms with van der Waals surface area (Å²) in [6.07, 6.45) is 1.93. The number of hydrogen-bond donors (Lipinski definition) is 2. The highest BCUT2D eigenvalue weighted by molar-refractivity contribution is 5.95. The molecule has 2 aromatic carbocycles. The molecule has 100 valence electrons. The van der Waals surface area contributed by atoms with Crippen LogP contribution in [-0.2, 0) is 6.54 Å². The van der Waals surface area contributed by atoms with Crippen molar-refractivity contribution in [2.24, 2.45) is 10.9 Å². The Hall–Kier alpha value is -2.75. The first-order valence-electron chi connectivity index (χ1n) is 6.39. The topological polar surface area (TPSA) is 63.5 Å². The van der Waals surface area contributed by atoms with Crippen LogP contribution in [0.2, 0.25) is 0 Å². The van der Waals surface area contributed by atoms with Crippen LogP contribution in [0.5, 0.6) is 0 Å². The zero-order valence-electron chi connectivity index (χ0n) is 10.9. The van der Waals surface area contributed by atoms with Crippen LogP contribution in [0.1, 0.15) is 11.3 Å². The molecule has 0 amide bonds. The van der Waals surface area contributed by atoms with Crippen LogP contribution in [0.4, 0.5) is 0 Å². The largest absolute Gasteiger partial charge is 0.409 e. The van der Waals surface area contributed by atoms with E-state index in [0.29, 0.717) is 12.2 Å². The summed E-state index contributed by atoms with van der Waals surface area (Å²) in [6, 6.07) is 18.2. The number of nitrogens with two attached hydrogens (primary N) is 1. The Labute approximate surface area is 116 Å². The molecule has 3 N–H and O–H groups in total. The predicted molar refractivity (Wildman–Crippen MR) is 80.0 cm³/mol. The molecule has 0 spiro atoms. The average Bonchev–Trinajstić information content (AvgIpc) is 2.95. The standard InChI is InChI=1S/C16H15N3O/c17-16(18-20)15-9-4-10-19(15)11-13-7-3-6-12-5-1-2-8-14(12)13/h1-10,20H,11H2,(H2,17,18). The van der Waals surface area contributed by atoms with Crippen molar-refractivity contribution >= 4 is 16.6 Å². The van der Waals surface area contributed by atoms with E-state index in [-0.39, 0.29) is 5.84 Å². The smallest absolute Gasteiger partial charge is 0.186 e. The maximum Gasteiger partial charge on any atom is 0.186 e. The lowest BCUT2D eigenvalue weighted by molar-refractivity contribution is 0.318. The highest BCUT2D eigenvalue weighted by atomic mass is 16.4. The first-order chi connectivity index (χ1) is 9.79. The molecule has 0 aliphatic heterocycles. The molecule has 0 saturated heterocycles. The van der Waals surface area contributed by atoms with E-state index in [1.165, 1.54) is 16.3 Å². The number of benzene rings is 2. The molecule has 1 aromatic heterocycles. The van der Waals surface area contributed by atoms with Crippen LogP contribution < -0.4 is 5.73 Å². The third-order valence-electron chi connectivity index (χ3n) is 3.42. The van der Waals surface area contributed by atoms with Crippen LogP contribution in [0, 0.1) is 0 Å². The Morgan fingerprint density at radius 3 is 2.70 bits per heavy atom. The summed E-state index contributed by atoms with van der Waals surface area (Å²) in [7, 11) is 0. The Balaban J connectivity index is 2.04. The van der Waals surface area contributed by atoms with Crippen LogP contribution >= 0.6 is 0 Å². The highest BCUT2D eigenvalue weighted by Gasteiger charge is 2.07. The minimum Gasteiger partial charge on any atom is -0.409 e. The maximum absolute atomic E-state index is 8.82. The van der Waals surface area contributed by atoms with Gasteiger partial charge in [-0.2, -0.15) is 0 Å². The van der Waals surface area contributed by atoms with E-state index in [0.717, 1.165) is 0 Å². The number of oxime groups is 1. The second-order valence-electron chi connectivity index (χ2n) is 4.64. The molecule has 1 heterocycles. The Morgan fingerprint density at radius 2 is 1.85 bits per heavy atom. The summed E-state index contributed by atoms with van der Waals surface area (Å²) >= 11 is 0. The molecule has 0 aliphatic carbocycles. The third kappa shape index (κ3) is 2.12. The van der Waals surface area contributed by atoms with E-state index in [4.69, 9.17) is 10.9 Å². The van der Waals surface area contributed by atoms with Gasteiger partial charge in [0.1, 0.15) is 0 Å². The van der Waals surface area contributed by atoms with Gasteiger partial charge in [0.05, 0.1) is 5.69 Å². The normalized spacial score (nSPS) is 11.9. The number of fused-ring (bicyclic) bond motifs is 1. The average molecular weight is 265 g/mol. The molecule has 0 fully saturated rings. The molecule has 4 heteroatoms. The summed E-state index contributed by atoms with van der Waals surface area (Å²) in [5, 5.41) is 14.3. The first-order valence-corrected chi connectivity index (χ1v) is 6.39. The number of rotatable bonds is 3. The van der Waals surface area contributed by atoms with Gasteiger partial charge in [0.2, 0.25) is 0 Å². The number of amidine groups is 1. The van der Waals surface area contributed by atoms with Crippen molar-refractivity contribution in [1.29, 1.82) is 0 Å². The second-order valence-corrected chi connectivity index (χ2v) is 4.64. The molecule has 0 radical (unpaired) electrons. The van der Waals surface area contributed by atoms with E-state index in [2.05, 4.69) is 29.4 Å². The summed E-state index contributed by atoms with van der Waals surface area (Å²) in [4.78, 5) is 0. The van der Waals surface area contributed by atoms with Gasteiger partial charge in [-0.05, 0) is 28.5 Å². The highest BCUT2D eigenvalue weighted by Crippen LogP contribution is 2.20. The summed E-state index contributed by atoms with van der Waals surface area (Å²) in [5.41, 5.74) is 7.59. The van der Waals surface area contributed by atoms with Gasteiger partial charge in [0.25, 0.3) is 0 Å². The van der Waals surface area contributed by atoms with Crippen LogP contribution in [0.25, 0.3) is 10.8 Å². The molecule has 3 rings (SSSR count). The molecule has 0 atom stereocenters. The number of nitrogens with zero attached hydrogens (tertiary/aromatic N) is 2. The van der Waals surface area contributed by atoms with Crippen molar-refractivity contribution in [3.8, 4) is 0 Å². The zero-order chi connectivity index (χ0) is 13.9. The summed E-state index contributed by atoms with van der Waals surface area (Å²) in [5.74, 6) is 0.121. The van der Waals surface area contributed by atoms with Gasteiger partial charge in [0, 0.05) is 12.7 Å². The van der Waals surface area contributed by atoms with Crippen LogP contribution in [0.3, 0.4) is 0 Å². The van der Waals surface area contributed by atoms with Gasteiger partial charge in [-0.15, -0.1) is 0 Å². The van der Waals surface area contributed by atoms with Crippen molar-refractivity contribution in [3.05, 3.63) is 72.1 Å². The van der Waals surface area contributed by atoms with E-state index in [1.54, 1.807) is 0 Å². The monoisotopic (exact) mass is 265 g/mol. The van der Waals surface area contributed by atoms with E-state index < -0.39 is 0 Å². The van der Waals surface area contributed by atoms with Gasteiger partial charge >= 0.3 is 0 Å². The molecule has 20 heavy (non-hydrogen) atoms. The van der Waals surface area contributed by atoms with E-state index >= 15 is 0 Å². The quantitative estimate of drug-likeness (QED) is 0.331. The summed E-state index contributed by atoms with van der Waals surface area (Å²) in [6.45, 7) is 0.680.